The van der Waals surface area contributed by atoms with Crippen molar-refractivity contribution in [3.63, 3.8) is 0 Å². The Morgan fingerprint density at radius 3 is 2.23 bits per heavy atom. The SMILES string of the molecule is O=C(OCCO)c1ccc(N=Nc2ccc(N(CCO)CCO)cc2)c([N+](=O)[O-])c1. The molecular weight excluding hydrogens is 396 g/mol. The Morgan fingerprint density at radius 2 is 1.67 bits per heavy atom. The molecule has 11 heteroatoms. The molecular formula is C19H22N4O7. The van der Waals surface area contributed by atoms with Gasteiger partial charge < -0.3 is 25.0 Å². The molecule has 2 aromatic carbocycles. The second-order valence-corrected chi connectivity index (χ2v) is 5.97. The molecule has 0 heterocycles. The zero-order chi connectivity index (χ0) is 21.9. The number of hydrogen-bond donors (Lipinski definition) is 3. The Bertz CT molecular complexity index is 881. The van der Waals surface area contributed by atoms with Crippen LogP contribution in [0, 0.1) is 10.1 Å². The lowest BCUT2D eigenvalue weighted by Gasteiger charge is -2.22. The van der Waals surface area contributed by atoms with E-state index < -0.39 is 16.6 Å². The number of esters is 1. The molecule has 2 rings (SSSR count). The molecule has 30 heavy (non-hydrogen) atoms. The molecule has 0 aliphatic carbocycles. The van der Waals surface area contributed by atoms with Crippen LogP contribution in [0.2, 0.25) is 0 Å². The van der Waals surface area contributed by atoms with Gasteiger partial charge in [0.15, 0.2) is 5.69 Å². The Labute approximate surface area is 172 Å². The van der Waals surface area contributed by atoms with Crippen LogP contribution >= 0.6 is 0 Å². The van der Waals surface area contributed by atoms with Gasteiger partial charge in [0.05, 0.1) is 36.0 Å². The molecule has 0 aliphatic heterocycles. The van der Waals surface area contributed by atoms with E-state index in [2.05, 4.69) is 10.2 Å². The zero-order valence-corrected chi connectivity index (χ0v) is 16.0. The third-order valence-corrected chi connectivity index (χ3v) is 3.96. The maximum atomic E-state index is 11.8. The minimum atomic E-state index is -0.790. The number of carbonyl (C=O) groups is 1. The summed E-state index contributed by atoms with van der Waals surface area (Å²) in [6.07, 6.45) is 0. The fourth-order valence-corrected chi connectivity index (χ4v) is 2.56. The van der Waals surface area contributed by atoms with Crippen molar-refractivity contribution in [2.24, 2.45) is 10.2 Å². The molecule has 0 spiro atoms. The average molecular weight is 418 g/mol. The number of nitro groups is 1. The van der Waals surface area contributed by atoms with Crippen molar-refractivity contribution in [3.05, 3.63) is 58.1 Å². The zero-order valence-electron chi connectivity index (χ0n) is 16.0. The van der Waals surface area contributed by atoms with Crippen LogP contribution in [0.3, 0.4) is 0 Å². The highest BCUT2D eigenvalue weighted by molar-refractivity contribution is 5.91. The van der Waals surface area contributed by atoms with Crippen molar-refractivity contribution < 1.29 is 29.8 Å². The first kappa shape index (κ1) is 22.9. The number of ether oxygens (including phenoxy) is 1. The smallest absolute Gasteiger partial charge is 0.338 e. The number of anilines is 1. The normalized spacial score (nSPS) is 10.9. The molecule has 0 atom stereocenters. The highest BCUT2D eigenvalue weighted by Gasteiger charge is 2.18. The minimum absolute atomic E-state index is 0.0358. The van der Waals surface area contributed by atoms with E-state index in [9.17, 15) is 14.9 Å². The number of rotatable bonds is 11. The maximum Gasteiger partial charge on any atom is 0.338 e. The van der Waals surface area contributed by atoms with Gasteiger partial charge in [-0.25, -0.2) is 4.79 Å². The van der Waals surface area contributed by atoms with E-state index in [0.29, 0.717) is 18.8 Å². The van der Waals surface area contributed by atoms with Crippen molar-refractivity contribution in [3.8, 4) is 0 Å². The molecule has 11 nitrogen and oxygen atoms in total. The van der Waals surface area contributed by atoms with Gasteiger partial charge >= 0.3 is 5.97 Å². The first-order valence-corrected chi connectivity index (χ1v) is 9.05. The van der Waals surface area contributed by atoms with Crippen LogP contribution in [0.1, 0.15) is 10.4 Å². The van der Waals surface area contributed by atoms with E-state index in [-0.39, 0.29) is 37.7 Å². The number of aliphatic hydroxyl groups is 3. The number of carbonyl (C=O) groups excluding carboxylic acids is 1. The Morgan fingerprint density at radius 1 is 1.00 bits per heavy atom. The van der Waals surface area contributed by atoms with E-state index in [1.807, 2.05) is 0 Å². The van der Waals surface area contributed by atoms with Crippen LogP contribution in [-0.4, -0.2) is 65.7 Å². The lowest BCUT2D eigenvalue weighted by atomic mass is 10.2. The van der Waals surface area contributed by atoms with E-state index in [4.69, 9.17) is 20.1 Å². The van der Waals surface area contributed by atoms with Crippen LogP contribution < -0.4 is 4.90 Å². The van der Waals surface area contributed by atoms with E-state index in [1.54, 1.807) is 29.2 Å². The lowest BCUT2D eigenvalue weighted by molar-refractivity contribution is -0.384. The molecule has 0 saturated heterocycles. The van der Waals surface area contributed by atoms with Crippen molar-refractivity contribution in [1.82, 2.24) is 0 Å². The van der Waals surface area contributed by atoms with Gasteiger partial charge in [0.2, 0.25) is 0 Å². The van der Waals surface area contributed by atoms with Gasteiger partial charge in [-0.1, -0.05) is 0 Å². The predicted molar refractivity (Wildman–Crippen MR) is 107 cm³/mol. The van der Waals surface area contributed by atoms with Gasteiger partial charge in [-0.2, -0.15) is 5.11 Å². The topological polar surface area (TPSA) is 158 Å². The monoisotopic (exact) mass is 418 g/mol. The summed E-state index contributed by atoms with van der Waals surface area (Å²) < 4.78 is 4.75. The first-order chi connectivity index (χ1) is 14.5. The lowest BCUT2D eigenvalue weighted by Crippen LogP contribution is -2.29. The summed E-state index contributed by atoms with van der Waals surface area (Å²) in [6.45, 7) is 0.0412. The number of aliphatic hydroxyl groups excluding tert-OH is 3. The van der Waals surface area contributed by atoms with Crippen LogP contribution in [0.25, 0.3) is 0 Å². The quantitative estimate of drug-likeness (QED) is 0.216. The van der Waals surface area contributed by atoms with Crippen molar-refractivity contribution in [2.45, 2.75) is 0 Å². The largest absolute Gasteiger partial charge is 0.460 e. The predicted octanol–water partition coefficient (Wildman–Crippen LogP) is 1.95. The number of azo groups is 1. The summed E-state index contributed by atoms with van der Waals surface area (Å²) in [5, 5.41) is 46.1. The molecule has 0 aliphatic rings. The summed E-state index contributed by atoms with van der Waals surface area (Å²) in [4.78, 5) is 24.2. The number of benzene rings is 2. The third kappa shape index (κ3) is 6.30. The average Bonchev–Trinajstić information content (AvgIpc) is 2.76. The van der Waals surface area contributed by atoms with Crippen molar-refractivity contribution >= 4 is 28.7 Å². The minimum Gasteiger partial charge on any atom is -0.460 e. The summed E-state index contributed by atoms with van der Waals surface area (Å²) in [6, 6.07) is 10.4. The third-order valence-electron chi connectivity index (χ3n) is 3.96. The summed E-state index contributed by atoms with van der Waals surface area (Å²) in [5.74, 6) is -0.790. The van der Waals surface area contributed by atoms with Gasteiger partial charge in [0.1, 0.15) is 6.61 Å². The molecule has 0 bridgehead atoms. The van der Waals surface area contributed by atoms with E-state index >= 15 is 0 Å². The summed E-state index contributed by atoms with van der Waals surface area (Å²) >= 11 is 0. The fraction of sp³-hybridized carbons (Fsp3) is 0.316. The molecule has 160 valence electrons. The van der Waals surface area contributed by atoms with Crippen LogP contribution in [0.4, 0.5) is 22.7 Å². The molecule has 0 radical (unpaired) electrons. The second-order valence-electron chi connectivity index (χ2n) is 5.97. The van der Waals surface area contributed by atoms with Gasteiger partial charge in [0, 0.05) is 24.8 Å². The number of hydrogen-bond acceptors (Lipinski definition) is 10. The van der Waals surface area contributed by atoms with Crippen molar-refractivity contribution in [1.29, 1.82) is 0 Å². The molecule has 0 saturated carbocycles. The van der Waals surface area contributed by atoms with Gasteiger partial charge in [-0.15, -0.1) is 5.11 Å². The Balaban J connectivity index is 2.20. The van der Waals surface area contributed by atoms with Crippen LogP contribution in [0.5, 0.6) is 0 Å². The number of nitrogens with zero attached hydrogens (tertiary/aromatic N) is 4. The fourth-order valence-electron chi connectivity index (χ4n) is 2.56. The van der Waals surface area contributed by atoms with Gasteiger partial charge in [-0.3, -0.25) is 10.1 Å². The Hall–Kier alpha value is -3.41. The molecule has 0 unspecified atom stereocenters. The first-order valence-electron chi connectivity index (χ1n) is 9.05. The standard InChI is InChI=1S/C19H22N4O7/c24-9-7-22(8-10-25)16-4-2-15(3-5-16)20-21-17-6-1-14(13-18(17)23(28)29)19(27)30-12-11-26/h1-6,13,24-26H,7-12H2. The summed E-state index contributed by atoms with van der Waals surface area (Å²) in [7, 11) is 0. The Kier molecular flexibility index (Phi) is 8.81. The molecule has 3 N–H and O–H groups in total. The van der Waals surface area contributed by atoms with Crippen LogP contribution in [0.15, 0.2) is 52.7 Å². The molecule has 0 amide bonds. The highest BCUT2D eigenvalue weighted by Crippen LogP contribution is 2.30. The van der Waals surface area contributed by atoms with Crippen LogP contribution in [-0.2, 0) is 4.74 Å². The molecule has 0 fully saturated rings. The van der Waals surface area contributed by atoms with Gasteiger partial charge in [0.25, 0.3) is 5.69 Å². The maximum absolute atomic E-state index is 11.8. The second kappa shape index (κ2) is 11.6. The van der Waals surface area contributed by atoms with Gasteiger partial charge in [-0.05, 0) is 36.4 Å². The summed E-state index contributed by atoms with van der Waals surface area (Å²) in [5.41, 5.74) is 0.725. The van der Waals surface area contributed by atoms with E-state index in [0.717, 1.165) is 11.8 Å². The molecule has 0 aromatic heterocycles. The highest BCUT2D eigenvalue weighted by atomic mass is 16.6. The van der Waals surface area contributed by atoms with E-state index in [1.165, 1.54) is 12.1 Å². The van der Waals surface area contributed by atoms with Crippen molar-refractivity contribution in [2.75, 3.05) is 44.4 Å². The number of nitro benzene ring substituents is 1. The molecule has 2 aromatic rings.